The Morgan fingerprint density at radius 3 is 2.76 bits per heavy atom. The lowest BCUT2D eigenvalue weighted by Crippen LogP contribution is -2.10. The number of nitrogens with one attached hydrogen (secondary N) is 1. The number of hydrogen-bond acceptors (Lipinski definition) is 2. The molecule has 1 aromatic heterocycles. The predicted octanol–water partition coefficient (Wildman–Crippen LogP) is 2.08. The SMILES string of the molecule is CNCc1c(-c2ccc(F)cc2F)ncn1C. The van der Waals surface area contributed by atoms with E-state index in [4.69, 9.17) is 0 Å². The van der Waals surface area contributed by atoms with Gasteiger partial charge in [-0.1, -0.05) is 0 Å². The Labute approximate surface area is 98.1 Å². The molecule has 2 rings (SSSR count). The fourth-order valence-corrected chi connectivity index (χ4v) is 1.74. The molecule has 0 aliphatic carbocycles. The van der Waals surface area contributed by atoms with Crippen LogP contribution in [0.1, 0.15) is 5.69 Å². The van der Waals surface area contributed by atoms with Crippen LogP contribution in [0.4, 0.5) is 8.78 Å². The number of nitrogens with zero attached hydrogens (tertiary/aromatic N) is 2. The monoisotopic (exact) mass is 237 g/mol. The highest BCUT2D eigenvalue weighted by Gasteiger charge is 2.14. The zero-order valence-corrected chi connectivity index (χ0v) is 9.67. The van der Waals surface area contributed by atoms with Gasteiger partial charge in [0.15, 0.2) is 0 Å². The van der Waals surface area contributed by atoms with Crippen LogP contribution < -0.4 is 5.32 Å². The van der Waals surface area contributed by atoms with E-state index >= 15 is 0 Å². The largest absolute Gasteiger partial charge is 0.336 e. The van der Waals surface area contributed by atoms with Crippen LogP contribution in [0, 0.1) is 11.6 Å². The first-order chi connectivity index (χ1) is 8.13. The highest BCUT2D eigenvalue weighted by Crippen LogP contribution is 2.25. The van der Waals surface area contributed by atoms with E-state index in [0.29, 0.717) is 17.8 Å². The van der Waals surface area contributed by atoms with Gasteiger partial charge in [-0.15, -0.1) is 0 Å². The van der Waals surface area contributed by atoms with Crippen molar-refractivity contribution in [3.05, 3.63) is 41.9 Å². The number of hydrogen-bond donors (Lipinski definition) is 1. The van der Waals surface area contributed by atoms with E-state index in [-0.39, 0.29) is 0 Å². The third kappa shape index (κ3) is 2.19. The van der Waals surface area contributed by atoms with Gasteiger partial charge in [0, 0.05) is 25.2 Å². The van der Waals surface area contributed by atoms with Gasteiger partial charge in [0.05, 0.1) is 17.7 Å². The fourth-order valence-electron chi connectivity index (χ4n) is 1.74. The van der Waals surface area contributed by atoms with E-state index in [2.05, 4.69) is 10.3 Å². The first-order valence-electron chi connectivity index (χ1n) is 5.23. The maximum atomic E-state index is 13.7. The quantitative estimate of drug-likeness (QED) is 0.885. The number of rotatable bonds is 3. The summed E-state index contributed by atoms with van der Waals surface area (Å²) in [6, 6.07) is 3.51. The second-order valence-corrected chi connectivity index (χ2v) is 3.81. The maximum absolute atomic E-state index is 13.7. The molecule has 0 saturated heterocycles. The van der Waals surface area contributed by atoms with Crippen LogP contribution >= 0.6 is 0 Å². The van der Waals surface area contributed by atoms with Crippen LogP contribution in [0.2, 0.25) is 0 Å². The van der Waals surface area contributed by atoms with E-state index < -0.39 is 11.6 Å². The molecule has 0 atom stereocenters. The zero-order valence-electron chi connectivity index (χ0n) is 9.67. The Hall–Kier alpha value is -1.75. The molecule has 3 nitrogen and oxygen atoms in total. The Balaban J connectivity index is 2.52. The maximum Gasteiger partial charge on any atom is 0.135 e. The molecule has 2 aromatic rings. The van der Waals surface area contributed by atoms with Crippen LogP contribution in [0.5, 0.6) is 0 Å². The minimum absolute atomic E-state index is 0.317. The fraction of sp³-hybridized carbons (Fsp3) is 0.250. The Bertz CT molecular complexity index is 535. The van der Waals surface area contributed by atoms with Crippen LogP contribution in [-0.2, 0) is 13.6 Å². The topological polar surface area (TPSA) is 29.9 Å². The van der Waals surface area contributed by atoms with Crippen molar-refractivity contribution in [2.75, 3.05) is 7.05 Å². The van der Waals surface area contributed by atoms with E-state index in [9.17, 15) is 8.78 Å². The first-order valence-corrected chi connectivity index (χ1v) is 5.23. The minimum atomic E-state index is -0.596. The normalized spacial score (nSPS) is 10.8. The van der Waals surface area contributed by atoms with Crippen molar-refractivity contribution < 1.29 is 8.78 Å². The molecule has 0 saturated carbocycles. The Morgan fingerprint density at radius 2 is 2.12 bits per heavy atom. The summed E-state index contributed by atoms with van der Waals surface area (Å²) in [4.78, 5) is 4.16. The second-order valence-electron chi connectivity index (χ2n) is 3.81. The summed E-state index contributed by atoms with van der Waals surface area (Å²) >= 11 is 0. The summed E-state index contributed by atoms with van der Waals surface area (Å²) in [5.41, 5.74) is 1.72. The molecular weight excluding hydrogens is 224 g/mol. The van der Waals surface area contributed by atoms with Gasteiger partial charge in [0.25, 0.3) is 0 Å². The number of halogens is 2. The molecule has 0 bridgehead atoms. The molecule has 0 spiro atoms. The minimum Gasteiger partial charge on any atom is -0.336 e. The molecule has 0 unspecified atom stereocenters. The summed E-state index contributed by atoms with van der Waals surface area (Å²) in [6.07, 6.45) is 1.62. The molecule has 17 heavy (non-hydrogen) atoms. The molecule has 5 heteroatoms. The highest BCUT2D eigenvalue weighted by atomic mass is 19.1. The van der Waals surface area contributed by atoms with Crippen molar-refractivity contribution in [2.24, 2.45) is 7.05 Å². The van der Waals surface area contributed by atoms with Gasteiger partial charge in [-0.2, -0.15) is 0 Å². The zero-order chi connectivity index (χ0) is 12.4. The smallest absolute Gasteiger partial charge is 0.135 e. The average molecular weight is 237 g/mol. The Kier molecular flexibility index (Phi) is 3.19. The van der Waals surface area contributed by atoms with E-state index in [1.54, 1.807) is 13.4 Å². The van der Waals surface area contributed by atoms with Crippen LogP contribution in [0.25, 0.3) is 11.3 Å². The molecule has 1 heterocycles. The van der Waals surface area contributed by atoms with Crippen molar-refractivity contribution >= 4 is 0 Å². The molecular formula is C12H13F2N3. The molecule has 0 aliphatic heterocycles. The molecule has 90 valence electrons. The lowest BCUT2D eigenvalue weighted by atomic mass is 10.1. The van der Waals surface area contributed by atoms with Crippen molar-refractivity contribution in [1.82, 2.24) is 14.9 Å². The van der Waals surface area contributed by atoms with E-state index in [1.165, 1.54) is 12.1 Å². The van der Waals surface area contributed by atoms with Crippen LogP contribution in [-0.4, -0.2) is 16.6 Å². The third-order valence-corrected chi connectivity index (χ3v) is 2.59. The third-order valence-electron chi connectivity index (χ3n) is 2.59. The molecule has 1 N–H and O–H groups in total. The van der Waals surface area contributed by atoms with Gasteiger partial charge in [0.2, 0.25) is 0 Å². The lowest BCUT2D eigenvalue weighted by Gasteiger charge is -2.06. The van der Waals surface area contributed by atoms with Gasteiger partial charge in [-0.25, -0.2) is 13.8 Å². The predicted molar refractivity (Wildman–Crippen MR) is 61.3 cm³/mol. The highest BCUT2D eigenvalue weighted by molar-refractivity contribution is 5.62. The van der Waals surface area contributed by atoms with Crippen molar-refractivity contribution in [1.29, 1.82) is 0 Å². The summed E-state index contributed by atoms with van der Waals surface area (Å²) in [7, 11) is 3.64. The number of imidazole rings is 1. The summed E-state index contributed by atoms with van der Waals surface area (Å²) in [5, 5.41) is 2.99. The van der Waals surface area contributed by atoms with E-state index in [0.717, 1.165) is 11.8 Å². The van der Waals surface area contributed by atoms with Crippen LogP contribution in [0.3, 0.4) is 0 Å². The molecule has 0 radical (unpaired) electrons. The van der Waals surface area contributed by atoms with Crippen LogP contribution in [0.15, 0.2) is 24.5 Å². The second kappa shape index (κ2) is 4.63. The van der Waals surface area contributed by atoms with Gasteiger partial charge in [-0.3, -0.25) is 0 Å². The molecule has 0 fully saturated rings. The molecule has 1 aromatic carbocycles. The van der Waals surface area contributed by atoms with Crippen molar-refractivity contribution in [2.45, 2.75) is 6.54 Å². The molecule has 0 aliphatic rings. The van der Waals surface area contributed by atoms with Crippen molar-refractivity contribution in [3.8, 4) is 11.3 Å². The number of aryl methyl sites for hydroxylation is 1. The first kappa shape index (κ1) is 11.7. The van der Waals surface area contributed by atoms with E-state index in [1.807, 2.05) is 11.6 Å². The lowest BCUT2D eigenvalue weighted by molar-refractivity contribution is 0.585. The van der Waals surface area contributed by atoms with Gasteiger partial charge >= 0.3 is 0 Å². The van der Waals surface area contributed by atoms with Gasteiger partial charge in [0.1, 0.15) is 11.6 Å². The van der Waals surface area contributed by atoms with Gasteiger partial charge < -0.3 is 9.88 Å². The van der Waals surface area contributed by atoms with Crippen molar-refractivity contribution in [3.63, 3.8) is 0 Å². The molecule has 0 amide bonds. The average Bonchev–Trinajstić information content (AvgIpc) is 2.62. The summed E-state index contributed by atoms with van der Waals surface area (Å²) in [5.74, 6) is -1.18. The standard InChI is InChI=1S/C12H13F2N3/c1-15-6-11-12(16-7-17(11)2)9-4-3-8(13)5-10(9)14/h3-5,7,15H,6H2,1-2H3. The summed E-state index contributed by atoms with van der Waals surface area (Å²) < 4.78 is 28.3. The number of benzene rings is 1. The summed E-state index contributed by atoms with van der Waals surface area (Å²) in [6.45, 7) is 0.572. The van der Waals surface area contributed by atoms with Gasteiger partial charge in [-0.05, 0) is 19.2 Å². The number of aromatic nitrogens is 2. The Morgan fingerprint density at radius 1 is 1.35 bits per heavy atom.